The number of fused-ring (bicyclic) bond motifs is 1. The van der Waals surface area contributed by atoms with Crippen LogP contribution >= 0.6 is 0 Å². The highest BCUT2D eigenvalue weighted by Gasteiger charge is 2.27. The summed E-state index contributed by atoms with van der Waals surface area (Å²) in [7, 11) is 4.54. The molecule has 0 saturated heterocycles. The van der Waals surface area contributed by atoms with E-state index in [0.717, 1.165) is 11.0 Å². The first-order valence-corrected chi connectivity index (χ1v) is 8.44. The molecule has 2 heterocycles. The second-order valence-corrected chi connectivity index (χ2v) is 5.94. The number of ether oxygens (including phenoxy) is 4. The Labute approximate surface area is 160 Å². The standard InChI is InChI=1S/C21H17NO6/c1-24-17-9-13(10-18(25-2)19(17)26-3)20-22-15(21(23)28-20)11-14-8-12-6-4-5-7-16(12)27-14/h4-11H,1-3H3/b15-11-. The molecule has 28 heavy (non-hydrogen) atoms. The summed E-state index contributed by atoms with van der Waals surface area (Å²) in [5.74, 6) is 1.41. The molecule has 3 aromatic rings. The molecule has 1 aliphatic rings. The molecular formula is C21H17NO6. The van der Waals surface area contributed by atoms with Gasteiger partial charge >= 0.3 is 5.97 Å². The third-order valence-corrected chi connectivity index (χ3v) is 4.26. The molecule has 0 bridgehead atoms. The van der Waals surface area contributed by atoms with Crippen molar-refractivity contribution >= 4 is 28.9 Å². The Morgan fingerprint density at radius 1 is 0.964 bits per heavy atom. The summed E-state index contributed by atoms with van der Waals surface area (Å²) in [5, 5.41) is 0.939. The minimum absolute atomic E-state index is 0.141. The van der Waals surface area contributed by atoms with E-state index in [9.17, 15) is 4.79 Å². The average Bonchev–Trinajstić information content (AvgIpc) is 3.29. The van der Waals surface area contributed by atoms with Crippen LogP contribution in [0.4, 0.5) is 0 Å². The van der Waals surface area contributed by atoms with E-state index in [2.05, 4.69) is 4.99 Å². The van der Waals surface area contributed by atoms with E-state index in [1.165, 1.54) is 21.3 Å². The highest BCUT2D eigenvalue weighted by molar-refractivity contribution is 6.13. The van der Waals surface area contributed by atoms with Gasteiger partial charge < -0.3 is 23.4 Å². The number of hydrogen-bond donors (Lipinski definition) is 0. The molecule has 1 aliphatic heterocycles. The molecule has 7 nitrogen and oxygen atoms in total. The van der Waals surface area contributed by atoms with E-state index >= 15 is 0 Å². The summed E-state index contributed by atoms with van der Waals surface area (Å²) in [6.07, 6.45) is 1.55. The van der Waals surface area contributed by atoms with Crippen LogP contribution in [0.5, 0.6) is 17.2 Å². The highest BCUT2D eigenvalue weighted by atomic mass is 16.6. The van der Waals surface area contributed by atoms with Crippen molar-refractivity contribution in [3.63, 3.8) is 0 Å². The number of furan rings is 1. The molecule has 4 rings (SSSR count). The van der Waals surface area contributed by atoms with Crippen molar-refractivity contribution < 1.29 is 28.2 Å². The highest BCUT2D eigenvalue weighted by Crippen LogP contribution is 2.39. The number of rotatable bonds is 5. The Balaban J connectivity index is 1.73. The molecule has 0 saturated carbocycles. The molecule has 0 unspecified atom stereocenters. The van der Waals surface area contributed by atoms with E-state index < -0.39 is 5.97 Å². The van der Waals surface area contributed by atoms with E-state index in [0.29, 0.717) is 28.6 Å². The van der Waals surface area contributed by atoms with Crippen LogP contribution < -0.4 is 14.2 Å². The first kappa shape index (κ1) is 17.7. The number of aliphatic imine (C=N–C) groups is 1. The van der Waals surface area contributed by atoms with Gasteiger partial charge in [0.25, 0.3) is 0 Å². The van der Waals surface area contributed by atoms with Crippen LogP contribution in [0.15, 0.2) is 57.6 Å². The van der Waals surface area contributed by atoms with Gasteiger partial charge in [-0.1, -0.05) is 18.2 Å². The summed E-state index contributed by atoms with van der Waals surface area (Å²) in [5.41, 5.74) is 1.40. The number of carbonyl (C=O) groups excluding carboxylic acids is 1. The predicted octanol–water partition coefficient (Wildman–Crippen LogP) is 3.80. The number of benzene rings is 2. The van der Waals surface area contributed by atoms with Gasteiger partial charge in [0.15, 0.2) is 17.2 Å². The summed E-state index contributed by atoms with van der Waals surface area (Å²) < 4.78 is 27.0. The maximum atomic E-state index is 12.3. The number of cyclic esters (lactones) is 1. The minimum Gasteiger partial charge on any atom is -0.493 e. The van der Waals surface area contributed by atoms with Gasteiger partial charge in [0.1, 0.15) is 11.3 Å². The molecule has 0 atom stereocenters. The van der Waals surface area contributed by atoms with E-state index in [4.69, 9.17) is 23.4 Å². The fourth-order valence-electron chi connectivity index (χ4n) is 2.95. The molecule has 0 radical (unpaired) electrons. The minimum atomic E-state index is -0.566. The van der Waals surface area contributed by atoms with E-state index in [1.807, 2.05) is 30.3 Å². The van der Waals surface area contributed by atoms with Gasteiger partial charge in [0.05, 0.1) is 21.3 Å². The van der Waals surface area contributed by atoms with Gasteiger partial charge in [0, 0.05) is 17.0 Å². The topological polar surface area (TPSA) is 79.5 Å². The molecule has 0 amide bonds. The van der Waals surface area contributed by atoms with Crippen molar-refractivity contribution in [3.05, 3.63) is 59.5 Å². The van der Waals surface area contributed by atoms with Crippen LogP contribution in [0.25, 0.3) is 17.0 Å². The number of nitrogens with zero attached hydrogens (tertiary/aromatic N) is 1. The van der Waals surface area contributed by atoms with Crippen molar-refractivity contribution in [2.45, 2.75) is 0 Å². The third kappa shape index (κ3) is 3.07. The third-order valence-electron chi connectivity index (χ3n) is 4.26. The summed E-state index contributed by atoms with van der Waals surface area (Å²) >= 11 is 0. The summed E-state index contributed by atoms with van der Waals surface area (Å²) in [6, 6.07) is 12.7. The summed E-state index contributed by atoms with van der Waals surface area (Å²) in [6.45, 7) is 0. The van der Waals surface area contributed by atoms with Gasteiger partial charge in [0.2, 0.25) is 11.6 Å². The fraction of sp³-hybridized carbons (Fsp3) is 0.143. The molecule has 1 aromatic heterocycles. The molecule has 0 fully saturated rings. The zero-order valence-corrected chi connectivity index (χ0v) is 15.5. The van der Waals surface area contributed by atoms with Gasteiger partial charge in [-0.05, 0) is 24.3 Å². The van der Waals surface area contributed by atoms with Gasteiger partial charge in [-0.2, -0.15) is 0 Å². The lowest BCUT2D eigenvalue weighted by molar-refractivity contribution is -0.129. The molecule has 0 N–H and O–H groups in total. The number of para-hydroxylation sites is 1. The number of hydrogen-bond acceptors (Lipinski definition) is 7. The van der Waals surface area contributed by atoms with Crippen molar-refractivity contribution in [1.82, 2.24) is 0 Å². The van der Waals surface area contributed by atoms with Gasteiger partial charge in [-0.3, -0.25) is 0 Å². The Morgan fingerprint density at radius 3 is 2.32 bits per heavy atom. The molecule has 2 aromatic carbocycles. The second kappa shape index (κ2) is 7.11. The number of carbonyl (C=O) groups is 1. The first-order chi connectivity index (χ1) is 13.6. The quantitative estimate of drug-likeness (QED) is 0.496. The zero-order valence-electron chi connectivity index (χ0n) is 15.5. The molecular weight excluding hydrogens is 362 g/mol. The lowest BCUT2D eigenvalue weighted by Crippen LogP contribution is -2.06. The van der Waals surface area contributed by atoms with Crippen LogP contribution in [0.2, 0.25) is 0 Å². The van der Waals surface area contributed by atoms with Crippen LogP contribution in [0.3, 0.4) is 0 Å². The fourth-order valence-corrected chi connectivity index (χ4v) is 2.95. The van der Waals surface area contributed by atoms with Crippen molar-refractivity contribution in [3.8, 4) is 17.2 Å². The van der Waals surface area contributed by atoms with E-state index in [-0.39, 0.29) is 11.6 Å². The normalized spacial score (nSPS) is 14.9. The van der Waals surface area contributed by atoms with Gasteiger partial charge in [-0.15, -0.1) is 0 Å². The second-order valence-electron chi connectivity index (χ2n) is 5.94. The van der Waals surface area contributed by atoms with Crippen LogP contribution in [0.1, 0.15) is 11.3 Å². The lowest BCUT2D eigenvalue weighted by Gasteiger charge is -2.13. The summed E-state index contributed by atoms with van der Waals surface area (Å²) in [4.78, 5) is 16.6. The first-order valence-electron chi connectivity index (χ1n) is 8.44. The Kier molecular flexibility index (Phi) is 4.49. The number of methoxy groups -OCH3 is 3. The zero-order chi connectivity index (χ0) is 19.7. The molecule has 0 spiro atoms. The molecule has 0 aliphatic carbocycles. The SMILES string of the molecule is COc1cc(C2=N/C(=C\c3cc4ccccc4o3)C(=O)O2)cc(OC)c1OC. The van der Waals surface area contributed by atoms with Crippen LogP contribution in [-0.2, 0) is 9.53 Å². The largest absolute Gasteiger partial charge is 0.493 e. The molecule has 142 valence electrons. The van der Waals surface area contributed by atoms with Gasteiger partial charge in [-0.25, -0.2) is 9.79 Å². The number of esters is 1. The van der Waals surface area contributed by atoms with Crippen LogP contribution in [-0.4, -0.2) is 33.2 Å². The predicted molar refractivity (Wildman–Crippen MR) is 103 cm³/mol. The van der Waals surface area contributed by atoms with Crippen molar-refractivity contribution in [2.24, 2.45) is 4.99 Å². The Morgan fingerprint density at radius 2 is 1.68 bits per heavy atom. The molecule has 7 heteroatoms. The van der Waals surface area contributed by atoms with Crippen LogP contribution in [0, 0.1) is 0 Å². The Bertz CT molecular complexity index is 1070. The van der Waals surface area contributed by atoms with E-state index in [1.54, 1.807) is 18.2 Å². The average molecular weight is 379 g/mol. The maximum absolute atomic E-state index is 12.3. The van der Waals surface area contributed by atoms with Crippen molar-refractivity contribution in [1.29, 1.82) is 0 Å². The smallest absolute Gasteiger partial charge is 0.363 e. The Hall–Kier alpha value is -3.74. The monoisotopic (exact) mass is 379 g/mol. The lowest BCUT2D eigenvalue weighted by atomic mass is 10.2. The maximum Gasteiger partial charge on any atom is 0.363 e. The van der Waals surface area contributed by atoms with Crippen molar-refractivity contribution in [2.75, 3.05) is 21.3 Å².